The molecule has 2 aromatic rings. The molecule has 194 valence electrons. The first-order valence-electron chi connectivity index (χ1n) is 11.5. The molecule has 1 aliphatic heterocycles. The molecule has 3 atom stereocenters. The maximum Gasteiger partial charge on any atom is 0.389 e. The lowest BCUT2D eigenvalue weighted by atomic mass is 9.59. The van der Waals surface area contributed by atoms with Gasteiger partial charge >= 0.3 is 6.18 Å². The highest BCUT2D eigenvalue weighted by molar-refractivity contribution is 6.13. The molecule has 3 unspecified atom stereocenters. The Balaban J connectivity index is 2.02. The molecule has 10 heteroatoms. The van der Waals surface area contributed by atoms with Crippen molar-refractivity contribution in [3.8, 4) is 5.75 Å². The Morgan fingerprint density at radius 2 is 1.75 bits per heavy atom. The smallest absolute Gasteiger partial charge is 0.389 e. The highest BCUT2D eigenvalue weighted by Gasteiger charge is 2.60. The summed E-state index contributed by atoms with van der Waals surface area (Å²) in [6.07, 6.45) is -5.67. The minimum Gasteiger partial charge on any atom is -0.497 e. The third kappa shape index (κ3) is 5.32. The number of rotatable bonds is 8. The van der Waals surface area contributed by atoms with Crippen molar-refractivity contribution in [2.75, 3.05) is 13.7 Å². The standard InChI is InChI=1S/C26H30F3N3O4/c1-16-5-7-17(8-6-16)20-15-24(2,22(34)31-14-4-13-25(27,28)29)32-23(35)26(20,21(30)33)18-9-11-19(36-3)12-10-18/h5-12,20H,4,13-15H2,1-3H3,(H2,30,33)(H,31,34)(H,32,35). The number of ether oxygens (including phenoxy) is 1. The minimum absolute atomic E-state index is 0.0120. The number of hydrogen-bond donors (Lipinski definition) is 3. The Morgan fingerprint density at radius 3 is 2.28 bits per heavy atom. The van der Waals surface area contributed by atoms with Crippen LogP contribution in [0.25, 0.3) is 0 Å². The molecule has 1 heterocycles. The first-order chi connectivity index (χ1) is 16.8. The van der Waals surface area contributed by atoms with Crippen molar-refractivity contribution in [2.24, 2.45) is 5.73 Å². The summed E-state index contributed by atoms with van der Waals surface area (Å²) in [6, 6.07) is 13.6. The van der Waals surface area contributed by atoms with E-state index in [-0.39, 0.29) is 19.4 Å². The third-order valence-corrected chi connectivity index (χ3v) is 6.72. The number of carbonyl (C=O) groups excluding carboxylic acids is 3. The summed E-state index contributed by atoms with van der Waals surface area (Å²) in [6.45, 7) is 3.17. The normalized spacial score (nSPS) is 24.1. The first-order valence-corrected chi connectivity index (χ1v) is 11.5. The van der Waals surface area contributed by atoms with Crippen molar-refractivity contribution in [1.82, 2.24) is 10.6 Å². The number of amides is 3. The maximum absolute atomic E-state index is 13.8. The predicted octanol–water partition coefficient (Wildman–Crippen LogP) is 3.25. The van der Waals surface area contributed by atoms with E-state index >= 15 is 0 Å². The number of carbonyl (C=O) groups is 3. The number of methoxy groups -OCH3 is 1. The minimum atomic E-state index is -4.33. The molecule has 0 aliphatic carbocycles. The number of alkyl halides is 3. The van der Waals surface area contributed by atoms with Gasteiger partial charge in [0.2, 0.25) is 17.7 Å². The number of nitrogens with two attached hydrogens (primary N) is 1. The number of benzene rings is 2. The molecule has 0 bridgehead atoms. The zero-order chi connectivity index (χ0) is 26.7. The van der Waals surface area contributed by atoms with E-state index in [1.54, 1.807) is 36.4 Å². The quantitative estimate of drug-likeness (QED) is 0.378. The van der Waals surface area contributed by atoms with Gasteiger partial charge in [0, 0.05) is 18.9 Å². The fraction of sp³-hybridized carbons (Fsp3) is 0.423. The van der Waals surface area contributed by atoms with Crippen molar-refractivity contribution >= 4 is 17.7 Å². The van der Waals surface area contributed by atoms with Crippen LogP contribution >= 0.6 is 0 Å². The second-order valence-corrected chi connectivity index (χ2v) is 9.33. The lowest BCUT2D eigenvalue weighted by molar-refractivity contribution is -0.146. The van der Waals surface area contributed by atoms with Crippen molar-refractivity contribution in [3.63, 3.8) is 0 Å². The van der Waals surface area contributed by atoms with E-state index in [2.05, 4.69) is 10.6 Å². The van der Waals surface area contributed by atoms with Crippen molar-refractivity contribution in [2.45, 2.75) is 56.2 Å². The second-order valence-electron chi connectivity index (χ2n) is 9.33. The van der Waals surface area contributed by atoms with E-state index in [9.17, 15) is 27.6 Å². The molecule has 3 amide bonds. The third-order valence-electron chi connectivity index (χ3n) is 6.72. The van der Waals surface area contributed by atoms with Gasteiger partial charge in [-0.2, -0.15) is 13.2 Å². The zero-order valence-electron chi connectivity index (χ0n) is 20.4. The van der Waals surface area contributed by atoms with E-state index in [0.717, 1.165) is 5.56 Å². The molecule has 1 aliphatic rings. The Hall–Kier alpha value is -3.56. The molecule has 1 fully saturated rings. The van der Waals surface area contributed by atoms with Crippen molar-refractivity contribution in [3.05, 3.63) is 65.2 Å². The van der Waals surface area contributed by atoms with Crippen LogP contribution in [0.15, 0.2) is 48.5 Å². The Bertz CT molecular complexity index is 1120. The molecule has 4 N–H and O–H groups in total. The predicted molar refractivity (Wildman–Crippen MR) is 127 cm³/mol. The van der Waals surface area contributed by atoms with Crippen LogP contribution in [0.2, 0.25) is 0 Å². The molecule has 7 nitrogen and oxygen atoms in total. The SMILES string of the molecule is COc1ccc(C2(C(N)=O)C(=O)NC(C)(C(=O)NCCCC(F)(F)F)CC2c2ccc(C)cc2)cc1. The van der Waals surface area contributed by atoms with Gasteiger partial charge in [0.15, 0.2) is 5.41 Å². The molecule has 1 saturated heterocycles. The van der Waals surface area contributed by atoms with E-state index in [0.29, 0.717) is 16.9 Å². The summed E-state index contributed by atoms with van der Waals surface area (Å²) in [7, 11) is 1.49. The molecular formula is C26H30F3N3O4. The van der Waals surface area contributed by atoms with Gasteiger partial charge in [-0.3, -0.25) is 14.4 Å². The lowest BCUT2D eigenvalue weighted by Crippen LogP contribution is -2.70. The molecule has 3 rings (SSSR count). The molecule has 36 heavy (non-hydrogen) atoms. The molecule has 0 saturated carbocycles. The number of aryl methyl sites for hydroxylation is 1. The summed E-state index contributed by atoms with van der Waals surface area (Å²) in [5.74, 6) is -2.59. The molecule has 2 aromatic carbocycles. The topological polar surface area (TPSA) is 111 Å². The van der Waals surface area contributed by atoms with Crippen LogP contribution in [0.4, 0.5) is 13.2 Å². The average molecular weight is 506 g/mol. The van der Waals surface area contributed by atoms with Gasteiger partial charge in [-0.05, 0) is 49.9 Å². The first kappa shape index (κ1) is 27.0. The van der Waals surface area contributed by atoms with Gasteiger partial charge in [-0.1, -0.05) is 42.0 Å². The van der Waals surface area contributed by atoms with Crippen LogP contribution in [-0.2, 0) is 19.8 Å². The van der Waals surface area contributed by atoms with Crippen LogP contribution < -0.4 is 21.1 Å². The second kappa shape index (κ2) is 10.2. The summed E-state index contributed by atoms with van der Waals surface area (Å²) in [5, 5.41) is 5.15. The fourth-order valence-electron chi connectivity index (χ4n) is 4.73. The van der Waals surface area contributed by atoms with E-state index in [4.69, 9.17) is 10.5 Å². The number of halogens is 3. The highest BCUT2D eigenvalue weighted by Crippen LogP contribution is 2.48. The molecule has 0 spiro atoms. The molecular weight excluding hydrogens is 475 g/mol. The summed E-state index contributed by atoms with van der Waals surface area (Å²) >= 11 is 0. The van der Waals surface area contributed by atoms with Gasteiger partial charge < -0.3 is 21.1 Å². The van der Waals surface area contributed by atoms with Gasteiger partial charge in [0.1, 0.15) is 11.3 Å². The Morgan fingerprint density at radius 1 is 1.14 bits per heavy atom. The summed E-state index contributed by atoms with van der Waals surface area (Å²) in [4.78, 5) is 40.0. The van der Waals surface area contributed by atoms with E-state index < -0.39 is 47.2 Å². The van der Waals surface area contributed by atoms with Gasteiger partial charge in [0.05, 0.1) is 7.11 Å². The van der Waals surface area contributed by atoms with Crippen LogP contribution in [0.1, 0.15) is 48.8 Å². The van der Waals surface area contributed by atoms with Crippen LogP contribution in [0.3, 0.4) is 0 Å². The van der Waals surface area contributed by atoms with Gasteiger partial charge in [0.25, 0.3) is 0 Å². The largest absolute Gasteiger partial charge is 0.497 e. The number of piperidine rings is 1. The van der Waals surface area contributed by atoms with Crippen molar-refractivity contribution < 1.29 is 32.3 Å². The van der Waals surface area contributed by atoms with Crippen LogP contribution in [0, 0.1) is 6.92 Å². The number of primary amides is 1. The lowest BCUT2D eigenvalue weighted by Gasteiger charge is -2.48. The number of hydrogen-bond acceptors (Lipinski definition) is 4. The van der Waals surface area contributed by atoms with Gasteiger partial charge in [-0.25, -0.2) is 0 Å². The van der Waals surface area contributed by atoms with Gasteiger partial charge in [-0.15, -0.1) is 0 Å². The summed E-state index contributed by atoms with van der Waals surface area (Å²) in [5.41, 5.74) is 4.52. The molecule has 0 radical (unpaired) electrons. The van der Waals surface area contributed by atoms with E-state index in [1.807, 2.05) is 19.1 Å². The number of nitrogens with one attached hydrogen (secondary N) is 2. The summed E-state index contributed by atoms with van der Waals surface area (Å²) < 4.78 is 42.6. The van der Waals surface area contributed by atoms with Crippen LogP contribution in [0.5, 0.6) is 5.75 Å². The Labute approximate surface area is 207 Å². The average Bonchev–Trinajstić information content (AvgIpc) is 2.81. The molecule has 0 aromatic heterocycles. The van der Waals surface area contributed by atoms with Crippen molar-refractivity contribution in [1.29, 1.82) is 0 Å². The Kier molecular flexibility index (Phi) is 7.66. The van der Waals surface area contributed by atoms with Crippen LogP contribution in [-0.4, -0.2) is 43.1 Å². The maximum atomic E-state index is 13.8. The van der Waals surface area contributed by atoms with E-state index in [1.165, 1.54) is 14.0 Å². The fourth-order valence-corrected chi connectivity index (χ4v) is 4.73. The monoisotopic (exact) mass is 505 g/mol. The zero-order valence-corrected chi connectivity index (χ0v) is 20.4. The highest BCUT2D eigenvalue weighted by atomic mass is 19.4.